The lowest BCUT2D eigenvalue weighted by molar-refractivity contribution is 0.242. The summed E-state index contributed by atoms with van der Waals surface area (Å²) < 4.78 is 5.72. The van der Waals surface area contributed by atoms with Crippen molar-refractivity contribution < 1.29 is 9.84 Å². The molecule has 0 amide bonds. The number of rotatable bonds is 9. The SMILES string of the molecule is CC(C)Oc1ccc(Cc2cnc(NCCO)nc2Cc2ccc(Cl)cc2)cc1. The Morgan fingerprint density at radius 1 is 1.00 bits per heavy atom. The molecule has 2 N–H and O–H groups in total. The number of aliphatic hydroxyl groups is 1. The molecule has 0 spiro atoms. The van der Waals surface area contributed by atoms with Crippen LogP contribution >= 0.6 is 11.6 Å². The Balaban J connectivity index is 1.82. The number of ether oxygens (including phenoxy) is 1. The van der Waals surface area contributed by atoms with Crippen LogP contribution in [0.3, 0.4) is 0 Å². The molecule has 3 aromatic rings. The summed E-state index contributed by atoms with van der Waals surface area (Å²) in [5.41, 5.74) is 4.30. The Labute approximate surface area is 176 Å². The van der Waals surface area contributed by atoms with Crippen LogP contribution in [0.15, 0.2) is 54.7 Å². The van der Waals surface area contributed by atoms with Crippen molar-refractivity contribution in [3.8, 4) is 5.75 Å². The predicted molar refractivity (Wildman–Crippen MR) is 117 cm³/mol. The van der Waals surface area contributed by atoms with E-state index in [-0.39, 0.29) is 12.7 Å². The van der Waals surface area contributed by atoms with E-state index in [1.165, 1.54) is 0 Å². The van der Waals surface area contributed by atoms with Gasteiger partial charge in [0.1, 0.15) is 5.75 Å². The lowest BCUT2D eigenvalue weighted by Crippen LogP contribution is -2.11. The number of benzene rings is 2. The molecule has 152 valence electrons. The number of nitrogens with zero attached hydrogens (tertiary/aromatic N) is 2. The molecule has 0 unspecified atom stereocenters. The molecular weight excluding hydrogens is 386 g/mol. The molecule has 5 nitrogen and oxygen atoms in total. The van der Waals surface area contributed by atoms with E-state index in [0.717, 1.165) is 34.6 Å². The van der Waals surface area contributed by atoms with Crippen molar-refractivity contribution in [1.29, 1.82) is 0 Å². The highest BCUT2D eigenvalue weighted by Gasteiger charge is 2.10. The number of aliphatic hydroxyl groups excluding tert-OH is 1. The molecule has 6 heteroatoms. The van der Waals surface area contributed by atoms with E-state index in [2.05, 4.69) is 22.4 Å². The van der Waals surface area contributed by atoms with Crippen molar-refractivity contribution in [3.05, 3.63) is 82.1 Å². The summed E-state index contributed by atoms with van der Waals surface area (Å²) in [4.78, 5) is 9.10. The first-order valence-corrected chi connectivity index (χ1v) is 10.1. The van der Waals surface area contributed by atoms with Gasteiger partial charge in [0.25, 0.3) is 0 Å². The number of halogens is 1. The third-order valence-corrected chi connectivity index (χ3v) is 4.58. The first-order chi connectivity index (χ1) is 14.0. The molecular formula is C23H26ClN3O2. The van der Waals surface area contributed by atoms with Gasteiger partial charge in [-0.3, -0.25) is 0 Å². The molecule has 0 fully saturated rings. The van der Waals surface area contributed by atoms with Gasteiger partial charge < -0.3 is 15.2 Å². The number of nitrogens with one attached hydrogen (secondary N) is 1. The van der Waals surface area contributed by atoms with E-state index in [1.807, 2.05) is 56.4 Å². The minimum absolute atomic E-state index is 0.0302. The van der Waals surface area contributed by atoms with E-state index in [0.29, 0.717) is 23.9 Å². The Bertz CT molecular complexity index is 912. The zero-order valence-electron chi connectivity index (χ0n) is 16.7. The highest BCUT2D eigenvalue weighted by Crippen LogP contribution is 2.21. The fourth-order valence-corrected chi connectivity index (χ4v) is 3.10. The zero-order chi connectivity index (χ0) is 20.6. The molecule has 0 aliphatic heterocycles. The second kappa shape index (κ2) is 10.2. The van der Waals surface area contributed by atoms with Crippen molar-refractivity contribution in [2.75, 3.05) is 18.5 Å². The Hall–Kier alpha value is -2.63. The average molecular weight is 412 g/mol. The molecule has 0 saturated heterocycles. The fourth-order valence-electron chi connectivity index (χ4n) is 2.97. The van der Waals surface area contributed by atoms with Gasteiger partial charge in [0, 0.05) is 30.6 Å². The molecule has 1 heterocycles. The number of hydrogen-bond donors (Lipinski definition) is 2. The van der Waals surface area contributed by atoms with E-state index in [9.17, 15) is 0 Å². The summed E-state index contributed by atoms with van der Waals surface area (Å²) in [6.07, 6.45) is 3.41. The summed E-state index contributed by atoms with van der Waals surface area (Å²) in [6.45, 7) is 4.47. The monoisotopic (exact) mass is 411 g/mol. The van der Waals surface area contributed by atoms with Crippen LogP contribution < -0.4 is 10.1 Å². The molecule has 1 aromatic heterocycles. The van der Waals surface area contributed by atoms with Crippen molar-refractivity contribution in [3.63, 3.8) is 0 Å². The van der Waals surface area contributed by atoms with E-state index in [1.54, 1.807) is 0 Å². The van der Waals surface area contributed by atoms with Crippen molar-refractivity contribution in [2.24, 2.45) is 0 Å². The van der Waals surface area contributed by atoms with Crippen LogP contribution in [0.1, 0.15) is 36.2 Å². The molecule has 0 radical (unpaired) electrons. The summed E-state index contributed by atoms with van der Waals surface area (Å²) in [6, 6.07) is 15.9. The normalized spacial score (nSPS) is 10.9. The number of anilines is 1. The van der Waals surface area contributed by atoms with E-state index in [4.69, 9.17) is 26.4 Å². The van der Waals surface area contributed by atoms with Gasteiger partial charge in [-0.25, -0.2) is 9.97 Å². The van der Waals surface area contributed by atoms with E-state index < -0.39 is 0 Å². The molecule has 0 aliphatic rings. The largest absolute Gasteiger partial charge is 0.491 e. The molecule has 3 rings (SSSR count). The highest BCUT2D eigenvalue weighted by atomic mass is 35.5. The van der Waals surface area contributed by atoms with Gasteiger partial charge in [0.2, 0.25) is 5.95 Å². The van der Waals surface area contributed by atoms with Gasteiger partial charge in [-0.15, -0.1) is 0 Å². The summed E-state index contributed by atoms with van der Waals surface area (Å²) >= 11 is 6.01. The third kappa shape index (κ3) is 6.44. The Kier molecular flexibility index (Phi) is 7.44. The Morgan fingerprint density at radius 2 is 1.66 bits per heavy atom. The lowest BCUT2D eigenvalue weighted by Gasteiger charge is -2.13. The molecule has 0 bridgehead atoms. The minimum Gasteiger partial charge on any atom is -0.491 e. The van der Waals surface area contributed by atoms with E-state index >= 15 is 0 Å². The summed E-state index contributed by atoms with van der Waals surface area (Å²) in [5.74, 6) is 1.39. The maximum Gasteiger partial charge on any atom is 0.222 e. The molecule has 2 aromatic carbocycles. The first kappa shape index (κ1) is 21.1. The molecule has 0 aliphatic carbocycles. The van der Waals surface area contributed by atoms with Crippen molar-refractivity contribution in [1.82, 2.24) is 9.97 Å². The van der Waals surface area contributed by atoms with Crippen LogP contribution in [-0.2, 0) is 12.8 Å². The van der Waals surface area contributed by atoms with Crippen LogP contribution in [0.25, 0.3) is 0 Å². The maximum atomic E-state index is 9.04. The molecule has 29 heavy (non-hydrogen) atoms. The smallest absolute Gasteiger partial charge is 0.222 e. The van der Waals surface area contributed by atoms with Crippen LogP contribution in [0.5, 0.6) is 5.75 Å². The van der Waals surface area contributed by atoms with Gasteiger partial charge in [-0.2, -0.15) is 0 Å². The quantitative estimate of drug-likeness (QED) is 0.542. The summed E-state index contributed by atoms with van der Waals surface area (Å²) in [7, 11) is 0. The lowest BCUT2D eigenvalue weighted by atomic mass is 10.0. The van der Waals surface area contributed by atoms with Gasteiger partial charge in [0.15, 0.2) is 0 Å². The van der Waals surface area contributed by atoms with Gasteiger partial charge in [-0.05, 0) is 54.8 Å². The van der Waals surface area contributed by atoms with Gasteiger partial charge in [-0.1, -0.05) is 35.9 Å². The second-order valence-corrected chi connectivity index (χ2v) is 7.54. The first-order valence-electron chi connectivity index (χ1n) is 9.73. The minimum atomic E-state index is 0.0302. The van der Waals surface area contributed by atoms with Crippen molar-refractivity contribution in [2.45, 2.75) is 32.8 Å². The topological polar surface area (TPSA) is 67.3 Å². The summed E-state index contributed by atoms with van der Waals surface area (Å²) in [5, 5.41) is 12.8. The standard InChI is InChI=1S/C23H26ClN3O2/c1-16(2)29-21-9-5-17(6-10-21)13-19-15-26-23(25-11-12-28)27-22(19)14-18-3-7-20(24)8-4-18/h3-10,15-16,28H,11-14H2,1-2H3,(H,25,26,27). The Morgan fingerprint density at radius 3 is 2.31 bits per heavy atom. The predicted octanol–water partition coefficient (Wildman–Crippen LogP) is 4.50. The molecule has 0 atom stereocenters. The highest BCUT2D eigenvalue weighted by molar-refractivity contribution is 6.30. The number of hydrogen-bond acceptors (Lipinski definition) is 5. The molecule has 0 saturated carbocycles. The third-order valence-electron chi connectivity index (χ3n) is 4.32. The zero-order valence-corrected chi connectivity index (χ0v) is 17.5. The fraction of sp³-hybridized carbons (Fsp3) is 0.304. The average Bonchev–Trinajstić information content (AvgIpc) is 2.71. The maximum absolute atomic E-state index is 9.04. The second-order valence-electron chi connectivity index (χ2n) is 7.11. The van der Waals surface area contributed by atoms with Crippen LogP contribution in [0.4, 0.5) is 5.95 Å². The van der Waals surface area contributed by atoms with Crippen LogP contribution in [0, 0.1) is 0 Å². The van der Waals surface area contributed by atoms with Gasteiger partial charge >= 0.3 is 0 Å². The van der Waals surface area contributed by atoms with Gasteiger partial charge in [0.05, 0.1) is 18.4 Å². The number of aromatic nitrogens is 2. The van der Waals surface area contributed by atoms with Crippen LogP contribution in [-0.4, -0.2) is 34.3 Å². The van der Waals surface area contributed by atoms with Crippen LogP contribution in [0.2, 0.25) is 5.02 Å². The van der Waals surface area contributed by atoms with Crippen molar-refractivity contribution >= 4 is 17.5 Å².